The van der Waals surface area contributed by atoms with Gasteiger partial charge in [0.25, 0.3) is 15.9 Å². The van der Waals surface area contributed by atoms with Gasteiger partial charge >= 0.3 is 5.97 Å². The van der Waals surface area contributed by atoms with Gasteiger partial charge in [-0.05, 0) is 54.2 Å². The van der Waals surface area contributed by atoms with Crippen LogP contribution in [0.4, 0.5) is 10.1 Å². The summed E-state index contributed by atoms with van der Waals surface area (Å²) in [5, 5.41) is 4.18. The maximum Gasteiger partial charge on any atom is 0.338 e. The highest BCUT2D eigenvalue weighted by molar-refractivity contribution is 8.15. The second kappa shape index (κ2) is 7.46. The molecule has 0 radical (unpaired) electrons. The molecule has 0 atom stereocenters. The Morgan fingerprint density at radius 3 is 2.84 bits per heavy atom. The first kappa shape index (κ1) is 19.7. The summed E-state index contributed by atoms with van der Waals surface area (Å²) in [5.74, 6) is -0.667. The maximum atomic E-state index is 13.0. The Kier molecular flexibility index (Phi) is 4.74. The predicted octanol–water partition coefficient (Wildman–Crippen LogP) is 2.84. The second-order valence-electron chi connectivity index (χ2n) is 6.69. The van der Waals surface area contributed by atoms with E-state index in [2.05, 4.69) is 14.5 Å². The van der Waals surface area contributed by atoms with Crippen molar-refractivity contribution in [3.05, 3.63) is 59.7 Å². The van der Waals surface area contributed by atoms with Crippen molar-refractivity contribution in [1.29, 1.82) is 0 Å². The van der Waals surface area contributed by atoms with Gasteiger partial charge in [0.1, 0.15) is 5.82 Å². The summed E-state index contributed by atoms with van der Waals surface area (Å²) in [6.07, 6.45) is 0. The van der Waals surface area contributed by atoms with Crippen LogP contribution in [0.5, 0.6) is 0 Å². The van der Waals surface area contributed by atoms with Gasteiger partial charge in [-0.15, -0.1) is 4.40 Å². The number of thioether (sulfide) groups is 1. The Bertz CT molecular complexity index is 1320. The molecule has 2 aromatic carbocycles. The van der Waals surface area contributed by atoms with Crippen LogP contribution in [0.3, 0.4) is 0 Å². The molecule has 2 aliphatic heterocycles. The molecule has 12 heteroatoms. The van der Waals surface area contributed by atoms with E-state index in [0.29, 0.717) is 22.8 Å². The summed E-state index contributed by atoms with van der Waals surface area (Å²) in [6, 6.07) is 10.6. The van der Waals surface area contributed by atoms with Crippen LogP contribution >= 0.6 is 11.8 Å². The number of halogens is 1. The molecule has 0 saturated heterocycles. The van der Waals surface area contributed by atoms with Gasteiger partial charge in [-0.3, -0.25) is 0 Å². The number of sulfonamides is 1. The molecule has 3 aromatic rings. The Morgan fingerprint density at radius 2 is 2.03 bits per heavy atom. The molecule has 0 N–H and O–H groups in total. The Labute approximate surface area is 180 Å². The van der Waals surface area contributed by atoms with E-state index >= 15 is 0 Å². The van der Waals surface area contributed by atoms with Crippen LogP contribution in [-0.4, -0.2) is 42.0 Å². The van der Waals surface area contributed by atoms with Gasteiger partial charge in [0.15, 0.2) is 11.8 Å². The van der Waals surface area contributed by atoms with E-state index in [-0.39, 0.29) is 29.9 Å². The number of ether oxygens (including phenoxy) is 1. The lowest BCUT2D eigenvalue weighted by molar-refractivity contribution is 0.0429. The average molecular weight is 460 g/mol. The van der Waals surface area contributed by atoms with Gasteiger partial charge in [-0.1, -0.05) is 5.16 Å². The second-order valence-corrected chi connectivity index (χ2v) is 9.45. The highest BCUT2D eigenvalue weighted by Crippen LogP contribution is 2.42. The van der Waals surface area contributed by atoms with Crippen molar-refractivity contribution in [3.63, 3.8) is 0 Å². The van der Waals surface area contributed by atoms with Gasteiger partial charge in [-0.25, -0.2) is 17.6 Å². The van der Waals surface area contributed by atoms with Gasteiger partial charge in [0.05, 0.1) is 17.0 Å². The highest BCUT2D eigenvalue weighted by atomic mass is 32.2. The maximum absolute atomic E-state index is 13.0. The lowest BCUT2D eigenvalue weighted by atomic mass is 10.2. The van der Waals surface area contributed by atoms with Crippen LogP contribution in [0, 0.1) is 5.82 Å². The molecule has 2 aliphatic rings. The number of anilines is 1. The SMILES string of the molecule is O=C(OCc1nc(-c2ccc(F)cc2)no1)c1ccc2c(c1)SC1=NS(=O)(=O)CCN12. The number of fused-ring (bicyclic) bond motifs is 3. The molecular formula is C19H13FN4O5S2. The van der Waals surface area contributed by atoms with Crippen LogP contribution in [0.1, 0.15) is 16.2 Å². The fraction of sp³-hybridized carbons (Fsp3) is 0.158. The van der Waals surface area contributed by atoms with Crippen molar-refractivity contribution in [3.8, 4) is 11.4 Å². The largest absolute Gasteiger partial charge is 0.452 e. The molecule has 31 heavy (non-hydrogen) atoms. The van der Waals surface area contributed by atoms with E-state index in [1.807, 2.05) is 4.90 Å². The first-order valence-corrected chi connectivity index (χ1v) is 11.5. The lowest BCUT2D eigenvalue weighted by Crippen LogP contribution is -2.35. The summed E-state index contributed by atoms with van der Waals surface area (Å²) >= 11 is 1.19. The topological polar surface area (TPSA) is 115 Å². The highest BCUT2D eigenvalue weighted by Gasteiger charge is 2.33. The third-order valence-corrected chi connectivity index (χ3v) is 6.91. The van der Waals surface area contributed by atoms with E-state index in [0.717, 1.165) is 10.6 Å². The van der Waals surface area contributed by atoms with Gasteiger partial charge < -0.3 is 14.2 Å². The van der Waals surface area contributed by atoms with Crippen LogP contribution in [-0.2, 0) is 21.4 Å². The minimum atomic E-state index is -3.45. The fourth-order valence-corrected chi connectivity index (χ4v) is 5.39. The number of nitrogens with zero attached hydrogens (tertiary/aromatic N) is 4. The normalized spacial score (nSPS) is 16.4. The summed E-state index contributed by atoms with van der Waals surface area (Å²) in [4.78, 5) is 19.1. The molecule has 1 aromatic heterocycles. The van der Waals surface area contributed by atoms with E-state index in [4.69, 9.17) is 9.26 Å². The van der Waals surface area contributed by atoms with Crippen LogP contribution in [0.25, 0.3) is 11.4 Å². The van der Waals surface area contributed by atoms with E-state index in [1.165, 1.54) is 36.0 Å². The molecular weight excluding hydrogens is 447 g/mol. The van der Waals surface area contributed by atoms with Gasteiger partial charge in [0, 0.05) is 17.0 Å². The molecule has 0 bridgehead atoms. The first-order chi connectivity index (χ1) is 14.9. The summed E-state index contributed by atoms with van der Waals surface area (Å²) < 4.78 is 50.6. The quantitative estimate of drug-likeness (QED) is 0.542. The van der Waals surface area contributed by atoms with Crippen molar-refractivity contribution in [2.24, 2.45) is 4.40 Å². The lowest BCUT2D eigenvalue weighted by Gasteiger charge is -2.22. The average Bonchev–Trinajstić information content (AvgIpc) is 3.35. The number of hydrogen-bond acceptors (Lipinski definition) is 9. The summed E-state index contributed by atoms with van der Waals surface area (Å²) in [5.41, 5.74) is 1.67. The van der Waals surface area contributed by atoms with Crippen LogP contribution in [0.15, 0.2) is 56.3 Å². The van der Waals surface area contributed by atoms with Gasteiger partial charge in [0.2, 0.25) is 5.82 Å². The Hall–Kier alpha value is -3.25. The number of aromatic nitrogens is 2. The zero-order chi connectivity index (χ0) is 21.6. The molecule has 0 amide bonds. The van der Waals surface area contributed by atoms with E-state index in [1.54, 1.807) is 18.2 Å². The van der Waals surface area contributed by atoms with Crippen LogP contribution < -0.4 is 4.90 Å². The van der Waals surface area contributed by atoms with Crippen molar-refractivity contribution in [1.82, 2.24) is 10.1 Å². The minimum absolute atomic E-state index is 0.0512. The number of amidine groups is 1. The summed E-state index contributed by atoms with van der Waals surface area (Å²) in [7, 11) is -3.45. The Balaban J connectivity index is 1.27. The van der Waals surface area contributed by atoms with Crippen molar-refractivity contribution in [2.45, 2.75) is 11.5 Å². The summed E-state index contributed by atoms with van der Waals surface area (Å²) in [6.45, 7) is 0.0901. The molecule has 0 fully saturated rings. The molecule has 0 saturated carbocycles. The van der Waals surface area contributed by atoms with Gasteiger partial charge in [-0.2, -0.15) is 4.98 Å². The molecule has 0 unspecified atom stereocenters. The van der Waals surface area contributed by atoms with Crippen molar-refractivity contribution in [2.75, 3.05) is 17.2 Å². The predicted molar refractivity (Wildman–Crippen MR) is 110 cm³/mol. The number of carbonyl (C=O) groups is 1. The molecule has 0 aliphatic carbocycles. The van der Waals surface area contributed by atoms with Crippen LogP contribution in [0.2, 0.25) is 0 Å². The fourth-order valence-electron chi connectivity index (χ4n) is 3.10. The third-order valence-electron chi connectivity index (χ3n) is 4.61. The zero-order valence-electron chi connectivity index (χ0n) is 15.7. The molecule has 0 spiro atoms. The molecule has 5 rings (SSSR count). The molecule has 3 heterocycles. The monoisotopic (exact) mass is 460 g/mol. The number of rotatable bonds is 4. The van der Waals surface area contributed by atoms with Crippen molar-refractivity contribution >= 4 is 38.6 Å². The zero-order valence-corrected chi connectivity index (χ0v) is 17.3. The molecule has 158 valence electrons. The first-order valence-electron chi connectivity index (χ1n) is 9.06. The Morgan fingerprint density at radius 1 is 1.23 bits per heavy atom. The smallest absolute Gasteiger partial charge is 0.338 e. The number of benzene rings is 2. The van der Waals surface area contributed by atoms with Crippen molar-refractivity contribution < 1.29 is 26.9 Å². The van der Waals surface area contributed by atoms with E-state index < -0.39 is 16.0 Å². The molecule has 9 nitrogen and oxygen atoms in total. The minimum Gasteiger partial charge on any atom is -0.452 e. The van der Waals surface area contributed by atoms with E-state index in [9.17, 15) is 17.6 Å². The number of carbonyl (C=O) groups excluding carboxylic acids is 1. The number of esters is 1. The number of hydrogen-bond donors (Lipinski definition) is 0. The standard InChI is InChI=1S/C19H13FN4O5S2/c20-13-4-1-11(2-5-13)17-21-16(29-22-17)10-28-18(25)12-3-6-14-15(9-12)30-19-23-31(26,27)8-7-24(14)19/h1-6,9H,7-8,10H2. The third kappa shape index (κ3) is 3.91.